The second kappa shape index (κ2) is 10.0. The van der Waals surface area contributed by atoms with Gasteiger partial charge in [0, 0.05) is 12.3 Å². The Bertz CT molecular complexity index is 394. The predicted octanol–water partition coefficient (Wildman–Crippen LogP) is -0.599. The Hall–Kier alpha value is -1.76. The minimum Gasteiger partial charge on any atom is -0.349 e. The molecule has 0 radical (unpaired) electrons. The number of amides is 2. The van der Waals surface area contributed by atoms with Crippen LogP contribution in [0.5, 0.6) is 0 Å². The van der Waals surface area contributed by atoms with Crippen LogP contribution in [-0.2, 0) is 19.2 Å². The first-order valence-corrected chi connectivity index (χ1v) is 7.01. The third-order valence-electron chi connectivity index (χ3n) is 2.94. The van der Waals surface area contributed by atoms with Gasteiger partial charge < -0.3 is 16.0 Å². The van der Waals surface area contributed by atoms with E-state index in [0.717, 1.165) is 0 Å². The van der Waals surface area contributed by atoms with Crippen LogP contribution < -0.4 is 16.0 Å². The summed E-state index contributed by atoms with van der Waals surface area (Å²) in [6, 6.07) is -0.548. The lowest BCUT2D eigenvalue weighted by Crippen LogP contribution is -2.45. The van der Waals surface area contributed by atoms with Crippen LogP contribution in [0.1, 0.15) is 33.6 Å². The zero-order valence-corrected chi connectivity index (χ0v) is 13.1. The second-order valence-corrected chi connectivity index (χ2v) is 5.20. The number of hydrogen-bond donors (Lipinski definition) is 3. The van der Waals surface area contributed by atoms with Crippen LogP contribution in [0, 0.1) is 5.92 Å². The van der Waals surface area contributed by atoms with Gasteiger partial charge in [-0.05, 0) is 20.4 Å². The Morgan fingerprint density at radius 3 is 2.10 bits per heavy atom. The molecule has 0 aliphatic rings. The molecular weight excluding hydrogens is 274 g/mol. The third kappa shape index (κ3) is 8.91. The average molecular weight is 299 g/mol. The Kier molecular flexibility index (Phi) is 9.20. The molecule has 0 aliphatic carbocycles. The van der Waals surface area contributed by atoms with Gasteiger partial charge in [-0.15, -0.1) is 0 Å². The molecule has 1 unspecified atom stereocenters. The van der Waals surface area contributed by atoms with Gasteiger partial charge in [0.25, 0.3) is 0 Å². The monoisotopic (exact) mass is 299 g/mol. The van der Waals surface area contributed by atoms with Crippen LogP contribution in [0.3, 0.4) is 0 Å². The molecular formula is C14H25N3O4. The molecule has 0 heterocycles. The number of carbonyl (C=O) groups excluding carboxylic acids is 4. The van der Waals surface area contributed by atoms with Crippen molar-refractivity contribution in [2.24, 2.45) is 5.92 Å². The fraction of sp³-hybridized carbons (Fsp3) is 0.714. The Morgan fingerprint density at radius 2 is 1.62 bits per heavy atom. The summed E-state index contributed by atoms with van der Waals surface area (Å²) in [7, 11) is 1.61. The summed E-state index contributed by atoms with van der Waals surface area (Å²) in [6.07, 6.45) is 0.423. The van der Waals surface area contributed by atoms with Crippen LogP contribution in [0.15, 0.2) is 0 Å². The van der Waals surface area contributed by atoms with E-state index in [-0.39, 0.29) is 48.8 Å². The smallest absolute Gasteiger partial charge is 0.237 e. The van der Waals surface area contributed by atoms with Crippen LogP contribution >= 0.6 is 0 Å². The highest BCUT2D eigenvalue weighted by Gasteiger charge is 2.18. The zero-order chi connectivity index (χ0) is 16.4. The van der Waals surface area contributed by atoms with Gasteiger partial charge in [-0.3, -0.25) is 19.2 Å². The molecule has 2 amide bonds. The quantitative estimate of drug-likeness (QED) is 0.500. The number of likely N-dealkylation sites (N-methyl/N-ethyl adjacent to an activating group) is 1. The molecule has 0 aromatic carbocycles. The molecule has 7 nitrogen and oxygen atoms in total. The first-order chi connectivity index (χ1) is 9.77. The maximum absolute atomic E-state index is 11.9. The molecule has 0 rings (SSSR count). The van der Waals surface area contributed by atoms with E-state index in [4.69, 9.17) is 0 Å². The van der Waals surface area contributed by atoms with Crippen LogP contribution in [0.2, 0.25) is 0 Å². The number of carbonyl (C=O) groups is 4. The first-order valence-electron chi connectivity index (χ1n) is 7.01. The van der Waals surface area contributed by atoms with Crippen molar-refractivity contribution in [3.8, 4) is 0 Å². The standard InChI is InChI=1S/C14H25N3O4/c1-9(2)12(19)8-17-14(21)11(15-4)5-6-13(20)16-7-10(3)18/h9,11,15H,5-8H2,1-4H3,(H,16,20)(H,17,21). The summed E-state index contributed by atoms with van der Waals surface area (Å²) in [5.74, 6) is -0.895. The van der Waals surface area contributed by atoms with Gasteiger partial charge in [-0.1, -0.05) is 13.8 Å². The van der Waals surface area contributed by atoms with Crippen molar-refractivity contribution in [1.82, 2.24) is 16.0 Å². The zero-order valence-electron chi connectivity index (χ0n) is 13.1. The lowest BCUT2D eigenvalue weighted by Gasteiger charge is -2.16. The van der Waals surface area contributed by atoms with Gasteiger partial charge in [0.15, 0.2) is 5.78 Å². The van der Waals surface area contributed by atoms with Gasteiger partial charge in [0.2, 0.25) is 11.8 Å². The lowest BCUT2D eigenvalue weighted by molar-refractivity contribution is -0.128. The van der Waals surface area contributed by atoms with Gasteiger partial charge >= 0.3 is 0 Å². The molecule has 0 aromatic rings. The van der Waals surface area contributed by atoms with Crippen molar-refractivity contribution in [3.05, 3.63) is 0 Å². The molecule has 7 heteroatoms. The maximum atomic E-state index is 11.9. The van der Waals surface area contributed by atoms with Crippen molar-refractivity contribution in [2.75, 3.05) is 20.1 Å². The van der Waals surface area contributed by atoms with Crippen LogP contribution in [0.4, 0.5) is 0 Å². The molecule has 0 saturated carbocycles. The highest BCUT2D eigenvalue weighted by molar-refractivity contribution is 5.89. The first kappa shape index (κ1) is 19.2. The lowest BCUT2D eigenvalue weighted by atomic mass is 10.1. The molecule has 0 aromatic heterocycles. The molecule has 1 atom stereocenters. The van der Waals surface area contributed by atoms with E-state index >= 15 is 0 Å². The summed E-state index contributed by atoms with van der Waals surface area (Å²) < 4.78 is 0. The van der Waals surface area contributed by atoms with E-state index in [1.54, 1.807) is 20.9 Å². The highest BCUT2D eigenvalue weighted by atomic mass is 16.2. The number of rotatable bonds is 10. The van der Waals surface area contributed by atoms with Crippen molar-refractivity contribution in [2.45, 2.75) is 39.7 Å². The predicted molar refractivity (Wildman–Crippen MR) is 78.6 cm³/mol. The van der Waals surface area contributed by atoms with Gasteiger partial charge in [0.1, 0.15) is 5.78 Å². The van der Waals surface area contributed by atoms with E-state index in [1.165, 1.54) is 6.92 Å². The van der Waals surface area contributed by atoms with E-state index in [0.29, 0.717) is 6.42 Å². The Labute approximate surface area is 125 Å². The molecule has 0 bridgehead atoms. The number of hydrogen-bond acceptors (Lipinski definition) is 5. The number of Topliss-reactive ketones (excluding diaryl/α,β-unsaturated/α-hetero) is 2. The molecule has 0 fully saturated rings. The molecule has 0 spiro atoms. The van der Waals surface area contributed by atoms with E-state index in [1.807, 2.05) is 0 Å². The van der Waals surface area contributed by atoms with Gasteiger partial charge in [-0.2, -0.15) is 0 Å². The third-order valence-corrected chi connectivity index (χ3v) is 2.94. The molecule has 21 heavy (non-hydrogen) atoms. The van der Waals surface area contributed by atoms with E-state index < -0.39 is 6.04 Å². The van der Waals surface area contributed by atoms with Crippen molar-refractivity contribution >= 4 is 23.4 Å². The summed E-state index contributed by atoms with van der Waals surface area (Å²) in [5, 5.41) is 7.82. The number of nitrogens with one attached hydrogen (secondary N) is 3. The maximum Gasteiger partial charge on any atom is 0.237 e. The van der Waals surface area contributed by atoms with Crippen molar-refractivity contribution in [3.63, 3.8) is 0 Å². The van der Waals surface area contributed by atoms with Gasteiger partial charge in [-0.25, -0.2) is 0 Å². The summed E-state index contributed by atoms with van der Waals surface area (Å²) in [5.41, 5.74) is 0. The molecule has 0 saturated heterocycles. The summed E-state index contributed by atoms with van der Waals surface area (Å²) in [6.45, 7) is 4.91. The van der Waals surface area contributed by atoms with E-state index in [9.17, 15) is 19.2 Å². The Morgan fingerprint density at radius 1 is 1.00 bits per heavy atom. The SMILES string of the molecule is CNC(CCC(=O)NCC(C)=O)C(=O)NCC(=O)C(C)C. The average Bonchev–Trinajstić information content (AvgIpc) is 2.42. The molecule has 0 aliphatic heterocycles. The second-order valence-electron chi connectivity index (χ2n) is 5.20. The summed E-state index contributed by atoms with van der Waals surface area (Å²) in [4.78, 5) is 45.5. The van der Waals surface area contributed by atoms with Crippen LogP contribution in [0.25, 0.3) is 0 Å². The fourth-order valence-corrected chi connectivity index (χ4v) is 1.49. The van der Waals surface area contributed by atoms with E-state index in [2.05, 4.69) is 16.0 Å². The van der Waals surface area contributed by atoms with Crippen LogP contribution in [-0.4, -0.2) is 49.6 Å². The fourth-order valence-electron chi connectivity index (χ4n) is 1.49. The minimum atomic E-state index is -0.548. The topological polar surface area (TPSA) is 104 Å². The Balaban J connectivity index is 4.14. The van der Waals surface area contributed by atoms with Crippen molar-refractivity contribution < 1.29 is 19.2 Å². The molecule has 120 valence electrons. The minimum absolute atomic E-state index is 0.00184. The number of ketones is 2. The van der Waals surface area contributed by atoms with Gasteiger partial charge in [0.05, 0.1) is 19.1 Å². The molecule has 3 N–H and O–H groups in total. The normalized spacial score (nSPS) is 11.9. The van der Waals surface area contributed by atoms with Crippen molar-refractivity contribution in [1.29, 1.82) is 0 Å². The highest BCUT2D eigenvalue weighted by Crippen LogP contribution is 1.98. The summed E-state index contributed by atoms with van der Waals surface area (Å²) >= 11 is 0. The largest absolute Gasteiger partial charge is 0.349 e.